The maximum Gasteiger partial charge on any atom is 0.135 e. The van der Waals surface area contributed by atoms with E-state index in [-0.39, 0.29) is 5.41 Å². The van der Waals surface area contributed by atoms with Crippen LogP contribution < -0.4 is 0 Å². The summed E-state index contributed by atoms with van der Waals surface area (Å²) in [7, 11) is 0. The first-order chi connectivity index (χ1) is 7.75. The van der Waals surface area contributed by atoms with Gasteiger partial charge in [-0.1, -0.05) is 39.3 Å². The Morgan fingerprint density at radius 1 is 1.47 bits per heavy atom. The van der Waals surface area contributed by atoms with E-state index in [2.05, 4.69) is 33.8 Å². The van der Waals surface area contributed by atoms with Gasteiger partial charge in [-0.2, -0.15) is 0 Å². The average Bonchev–Trinajstić information content (AvgIpc) is 2.26. The summed E-state index contributed by atoms with van der Waals surface area (Å²) in [4.78, 5) is 11.5. The third-order valence-electron chi connectivity index (χ3n) is 5.57. The molecule has 1 heteroatoms. The lowest BCUT2D eigenvalue weighted by molar-refractivity contribution is -0.125. The lowest BCUT2D eigenvalue weighted by Crippen LogP contribution is -2.48. The van der Waals surface area contributed by atoms with Gasteiger partial charge < -0.3 is 0 Å². The summed E-state index contributed by atoms with van der Waals surface area (Å²) in [6.07, 6.45) is 7.23. The van der Waals surface area contributed by atoms with Crippen molar-refractivity contribution in [3.63, 3.8) is 0 Å². The Morgan fingerprint density at radius 3 is 2.59 bits per heavy atom. The van der Waals surface area contributed by atoms with Gasteiger partial charge in [-0.3, -0.25) is 4.79 Å². The molecule has 0 spiro atoms. The number of hydrogen-bond donors (Lipinski definition) is 0. The molecule has 1 nitrogen and oxygen atoms in total. The average molecular weight is 234 g/mol. The first-order valence-corrected chi connectivity index (χ1v) is 6.95. The maximum absolute atomic E-state index is 11.5. The largest absolute Gasteiger partial charge is 0.299 e. The van der Waals surface area contributed by atoms with Gasteiger partial charge in [-0.15, -0.1) is 0 Å². The van der Waals surface area contributed by atoms with Crippen molar-refractivity contribution in [3.8, 4) is 0 Å². The van der Waals surface area contributed by atoms with Crippen molar-refractivity contribution in [1.82, 2.24) is 0 Å². The molecule has 17 heavy (non-hydrogen) atoms. The minimum absolute atomic E-state index is 0.147. The molecule has 0 radical (unpaired) electrons. The molecular formula is C16H26O. The molecule has 3 aliphatic rings. The van der Waals surface area contributed by atoms with Crippen molar-refractivity contribution in [2.24, 2.45) is 22.7 Å². The summed E-state index contributed by atoms with van der Waals surface area (Å²) in [6.45, 7) is 10.7. The Hall–Kier alpha value is -0.590. The summed E-state index contributed by atoms with van der Waals surface area (Å²) < 4.78 is 0. The summed E-state index contributed by atoms with van der Waals surface area (Å²) in [5.74, 6) is 2.03. The first-order valence-electron chi connectivity index (χ1n) is 6.95. The molecule has 0 unspecified atom stereocenters. The predicted molar refractivity (Wildman–Crippen MR) is 71.8 cm³/mol. The van der Waals surface area contributed by atoms with Gasteiger partial charge in [0.1, 0.15) is 5.78 Å². The fourth-order valence-electron chi connectivity index (χ4n) is 3.39. The van der Waals surface area contributed by atoms with E-state index < -0.39 is 0 Å². The molecule has 2 bridgehead atoms. The van der Waals surface area contributed by atoms with Crippen molar-refractivity contribution in [2.45, 2.75) is 60.3 Å². The Morgan fingerprint density at radius 2 is 2.12 bits per heavy atom. The molecule has 2 atom stereocenters. The maximum atomic E-state index is 11.5. The highest BCUT2D eigenvalue weighted by Gasteiger charge is 2.50. The fraction of sp³-hybridized carbons (Fsp3) is 0.812. The van der Waals surface area contributed by atoms with Gasteiger partial charge in [-0.25, -0.2) is 0 Å². The fourth-order valence-corrected chi connectivity index (χ4v) is 3.39. The lowest BCUT2D eigenvalue weighted by atomic mass is 9.48. The topological polar surface area (TPSA) is 17.1 Å². The van der Waals surface area contributed by atoms with E-state index in [0.29, 0.717) is 11.2 Å². The highest BCUT2D eigenvalue weighted by molar-refractivity contribution is 5.81. The number of allylic oxidation sites excluding steroid dienone is 2. The molecule has 0 aliphatic heterocycles. The van der Waals surface area contributed by atoms with Crippen LogP contribution in [0.1, 0.15) is 60.3 Å². The third-order valence-corrected chi connectivity index (χ3v) is 5.57. The second-order valence-corrected chi connectivity index (χ2v) is 7.26. The number of hydrogen-bond acceptors (Lipinski definition) is 1. The van der Waals surface area contributed by atoms with E-state index in [1.165, 1.54) is 12.8 Å². The van der Waals surface area contributed by atoms with Crippen molar-refractivity contribution in [2.75, 3.05) is 0 Å². The predicted octanol–water partition coefficient (Wildman–Crippen LogP) is 4.37. The Kier molecular flexibility index (Phi) is 3.00. The Labute approximate surface area is 106 Å². The van der Waals surface area contributed by atoms with Gasteiger partial charge in [0.15, 0.2) is 0 Å². The zero-order valence-electron chi connectivity index (χ0n) is 12.0. The minimum atomic E-state index is -0.147. The van der Waals surface area contributed by atoms with Gasteiger partial charge >= 0.3 is 0 Å². The molecule has 1 saturated carbocycles. The molecule has 0 aromatic rings. The van der Waals surface area contributed by atoms with Crippen molar-refractivity contribution in [3.05, 3.63) is 11.6 Å². The second kappa shape index (κ2) is 3.96. The quantitative estimate of drug-likeness (QED) is 0.660. The summed E-state index contributed by atoms with van der Waals surface area (Å²) in [5.41, 5.74) is 2.00. The van der Waals surface area contributed by atoms with Gasteiger partial charge in [-0.05, 0) is 49.9 Å². The molecule has 0 aromatic heterocycles. The van der Waals surface area contributed by atoms with Crippen LogP contribution in [-0.4, -0.2) is 5.78 Å². The van der Waals surface area contributed by atoms with Crippen LogP contribution in [0.15, 0.2) is 11.6 Å². The molecule has 0 saturated heterocycles. The highest BCUT2D eigenvalue weighted by Crippen LogP contribution is 2.60. The number of Topliss-reactive ketones (excluding diaryl/α,β-unsaturated/α-hetero) is 1. The van der Waals surface area contributed by atoms with E-state index in [0.717, 1.165) is 24.7 Å². The van der Waals surface area contributed by atoms with E-state index in [1.54, 1.807) is 12.5 Å². The number of ketones is 1. The molecule has 0 aromatic carbocycles. The number of rotatable bonds is 4. The van der Waals surface area contributed by atoms with Crippen molar-refractivity contribution >= 4 is 5.78 Å². The number of fused-ring (bicyclic) bond motifs is 1. The van der Waals surface area contributed by atoms with Crippen LogP contribution in [0.3, 0.4) is 0 Å². The molecular weight excluding hydrogens is 208 g/mol. The van der Waals surface area contributed by atoms with Gasteiger partial charge in [0, 0.05) is 5.41 Å². The van der Waals surface area contributed by atoms with E-state index in [1.807, 2.05) is 0 Å². The minimum Gasteiger partial charge on any atom is -0.299 e. The van der Waals surface area contributed by atoms with Crippen molar-refractivity contribution < 1.29 is 4.79 Å². The molecule has 3 rings (SSSR count). The normalized spacial score (nSPS) is 30.5. The second-order valence-electron chi connectivity index (χ2n) is 7.26. The van der Waals surface area contributed by atoms with Gasteiger partial charge in [0.2, 0.25) is 0 Å². The lowest BCUT2D eigenvalue weighted by Gasteiger charge is -2.56. The van der Waals surface area contributed by atoms with Gasteiger partial charge in [0.25, 0.3) is 0 Å². The standard InChI is InChI=1S/C16H26O/c1-11(17)15(2,3)9-8-12-6-7-13-10-14(12)16(13,4)5/h6,13-14H,7-10H2,1-5H3/t13-,14+/m0/s1. The van der Waals surface area contributed by atoms with E-state index in [9.17, 15) is 4.79 Å². The molecule has 3 aliphatic carbocycles. The third kappa shape index (κ3) is 2.09. The highest BCUT2D eigenvalue weighted by atomic mass is 16.1. The summed E-state index contributed by atoms with van der Waals surface area (Å²) in [5, 5.41) is 0. The Balaban J connectivity index is 1.98. The van der Waals surface area contributed by atoms with Crippen LogP contribution in [0, 0.1) is 22.7 Å². The molecule has 0 amide bonds. The molecule has 1 fully saturated rings. The van der Waals surface area contributed by atoms with Crippen LogP contribution >= 0.6 is 0 Å². The van der Waals surface area contributed by atoms with Crippen LogP contribution in [-0.2, 0) is 4.79 Å². The van der Waals surface area contributed by atoms with Crippen LogP contribution in [0.2, 0.25) is 0 Å². The van der Waals surface area contributed by atoms with Crippen LogP contribution in [0.5, 0.6) is 0 Å². The summed E-state index contributed by atoms with van der Waals surface area (Å²) in [6, 6.07) is 0. The SMILES string of the molecule is CC(=O)C(C)(C)CCC1=CC[C@H]2C[C@H]1C2(C)C. The molecule has 96 valence electrons. The monoisotopic (exact) mass is 234 g/mol. The van der Waals surface area contributed by atoms with E-state index in [4.69, 9.17) is 0 Å². The zero-order valence-corrected chi connectivity index (χ0v) is 12.0. The van der Waals surface area contributed by atoms with Gasteiger partial charge in [0.05, 0.1) is 0 Å². The number of carbonyl (C=O) groups excluding carboxylic acids is 1. The van der Waals surface area contributed by atoms with Crippen molar-refractivity contribution in [1.29, 1.82) is 0 Å². The number of carbonyl (C=O) groups is 1. The van der Waals surface area contributed by atoms with Crippen LogP contribution in [0.25, 0.3) is 0 Å². The van der Waals surface area contributed by atoms with E-state index >= 15 is 0 Å². The smallest absolute Gasteiger partial charge is 0.135 e. The Bertz CT molecular complexity index is 360. The zero-order chi connectivity index (χ0) is 12.8. The summed E-state index contributed by atoms with van der Waals surface area (Å²) >= 11 is 0. The molecule has 0 heterocycles. The molecule has 0 N–H and O–H groups in total. The van der Waals surface area contributed by atoms with Crippen LogP contribution in [0.4, 0.5) is 0 Å². The first kappa shape index (κ1) is 12.9.